The first-order valence-corrected chi connectivity index (χ1v) is 7.34. The molecule has 1 aromatic heterocycles. The second-order valence-corrected chi connectivity index (χ2v) is 6.00. The molecular weight excluding hydrogens is 325 g/mol. The summed E-state index contributed by atoms with van der Waals surface area (Å²) in [5, 5.41) is 10.3. The molecule has 0 bridgehead atoms. The van der Waals surface area contributed by atoms with Crippen molar-refractivity contribution in [1.82, 2.24) is 10.2 Å². The Labute approximate surface area is 125 Å². The van der Waals surface area contributed by atoms with Gasteiger partial charge in [0.1, 0.15) is 0 Å². The fourth-order valence-corrected chi connectivity index (χ4v) is 2.91. The van der Waals surface area contributed by atoms with Gasteiger partial charge in [0, 0.05) is 0 Å². The number of anilines is 2. The number of hydrogen-bond acceptors (Lipinski definition) is 6. The van der Waals surface area contributed by atoms with Crippen molar-refractivity contribution in [2.24, 2.45) is 5.73 Å². The molecule has 2 aromatic rings. The van der Waals surface area contributed by atoms with E-state index in [4.69, 9.17) is 5.73 Å². The van der Waals surface area contributed by atoms with Crippen LogP contribution in [0.25, 0.3) is 0 Å². The quantitative estimate of drug-likeness (QED) is 0.822. The van der Waals surface area contributed by atoms with Crippen LogP contribution in [0.2, 0.25) is 0 Å². The van der Waals surface area contributed by atoms with E-state index in [2.05, 4.69) is 15.5 Å². The Morgan fingerprint density at radius 1 is 1.33 bits per heavy atom. The maximum absolute atomic E-state index is 12.8. The van der Waals surface area contributed by atoms with E-state index < -0.39 is 17.6 Å². The number of amides is 1. The van der Waals surface area contributed by atoms with E-state index >= 15 is 0 Å². The SMILES string of the molecule is NC(=O)CSc1nnc(Nc2ccccc2C(F)(F)F)s1. The Balaban J connectivity index is 2.14. The normalized spacial score (nSPS) is 11.4. The minimum Gasteiger partial charge on any atom is -0.369 e. The smallest absolute Gasteiger partial charge is 0.369 e. The molecule has 2 rings (SSSR count). The molecule has 1 amide bonds. The van der Waals surface area contributed by atoms with E-state index in [0.29, 0.717) is 4.34 Å². The third-order valence-corrected chi connectivity index (χ3v) is 4.21. The number of nitrogens with zero attached hydrogens (tertiary/aromatic N) is 2. The number of benzene rings is 1. The minimum absolute atomic E-state index is 0.0355. The zero-order valence-electron chi connectivity index (χ0n) is 10.3. The van der Waals surface area contributed by atoms with Gasteiger partial charge in [-0.05, 0) is 12.1 Å². The molecule has 0 radical (unpaired) electrons. The van der Waals surface area contributed by atoms with Crippen molar-refractivity contribution in [1.29, 1.82) is 0 Å². The molecule has 0 saturated heterocycles. The number of halogens is 3. The molecule has 1 aromatic carbocycles. The second kappa shape index (κ2) is 6.31. The summed E-state index contributed by atoms with van der Waals surface area (Å²) in [7, 11) is 0. The number of rotatable bonds is 5. The Morgan fingerprint density at radius 3 is 2.71 bits per heavy atom. The van der Waals surface area contributed by atoms with Crippen LogP contribution in [0.1, 0.15) is 5.56 Å². The average molecular weight is 334 g/mol. The fraction of sp³-hybridized carbons (Fsp3) is 0.182. The summed E-state index contributed by atoms with van der Waals surface area (Å²) in [5.41, 5.74) is 4.10. The van der Waals surface area contributed by atoms with Gasteiger partial charge in [-0.3, -0.25) is 4.79 Å². The summed E-state index contributed by atoms with van der Waals surface area (Å²) >= 11 is 2.12. The first kappa shape index (κ1) is 15.6. The van der Waals surface area contributed by atoms with Crippen LogP contribution in [0.5, 0.6) is 0 Å². The molecule has 1 heterocycles. The zero-order chi connectivity index (χ0) is 15.5. The molecule has 0 unspecified atom stereocenters. The van der Waals surface area contributed by atoms with Gasteiger partial charge in [0.25, 0.3) is 0 Å². The third-order valence-electron chi connectivity index (χ3n) is 2.22. The topological polar surface area (TPSA) is 80.9 Å². The highest BCUT2D eigenvalue weighted by molar-refractivity contribution is 8.01. The van der Waals surface area contributed by atoms with Crippen LogP contribution in [-0.4, -0.2) is 21.9 Å². The molecule has 3 N–H and O–H groups in total. The Morgan fingerprint density at radius 2 is 2.05 bits per heavy atom. The number of alkyl halides is 3. The maximum atomic E-state index is 12.8. The first-order chi connectivity index (χ1) is 9.86. The van der Waals surface area contributed by atoms with Crippen LogP contribution in [0.4, 0.5) is 24.0 Å². The van der Waals surface area contributed by atoms with Crippen LogP contribution >= 0.6 is 23.1 Å². The minimum atomic E-state index is -4.46. The zero-order valence-corrected chi connectivity index (χ0v) is 12.0. The number of carbonyl (C=O) groups is 1. The number of para-hydroxylation sites is 1. The van der Waals surface area contributed by atoms with Crippen molar-refractivity contribution in [3.63, 3.8) is 0 Å². The number of primary amides is 1. The highest BCUT2D eigenvalue weighted by Gasteiger charge is 2.33. The number of hydrogen-bond donors (Lipinski definition) is 2. The number of carbonyl (C=O) groups excluding carboxylic acids is 1. The van der Waals surface area contributed by atoms with Gasteiger partial charge in [-0.1, -0.05) is 35.2 Å². The molecule has 112 valence electrons. The number of thioether (sulfide) groups is 1. The molecule has 5 nitrogen and oxygen atoms in total. The second-order valence-electron chi connectivity index (χ2n) is 3.80. The molecule has 10 heteroatoms. The predicted molar refractivity (Wildman–Crippen MR) is 74.6 cm³/mol. The van der Waals surface area contributed by atoms with Gasteiger partial charge < -0.3 is 11.1 Å². The monoisotopic (exact) mass is 334 g/mol. The van der Waals surface area contributed by atoms with Crippen molar-refractivity contribution >= 4 is 39.8 Å². The van der Waals surface area contributed by atoms with E-state index in [-0.39, 0.29) is 16.6 Å². The molecule has 0 aliphatic rings. The van der Waals surface area contributed by atoms with E-state index in [1.165, 1.54) is 18.2 Å². The van der Waals surface area contributed by atoms with Gasteiger partial charge in [0.2, 0.25) is 11.0 Å². The summed E-state index contributed by atoms with van der Waals surface area (Å²) in [4.78, 5) is 10.6. The van der Waals surface area contributed by atoms with E-state index in [0.717, 1.165) is 29.2 Å². The fourth-order valence-electron chi connectivity index (χ4n) is 1.41. The van der Waals surface area contributed by atoms with E-state index in [9.17, 15) is 18.0 Å². The van der Waals surface area contributed by atoms with Gasteiger partial charge in [-0.15, -0.1) is 10.2 Å². The van der Waals surface area contributed by atoms with Crippen molar-refractivity contribution in [2.45, 2.75) is 10.5 Å². The molecule has 0 atom stereocenters. The van der Waals surface area contributed by atoms with Crippen LogP contribution in [-0.2, 0) is 11.0 Å². The summed E-state index contributed by atoms with van der Waals surface area (Å²) in [6, 6.07) is 5.08. The summed E-state index contributed by atoms with van der Waals surface area (Å²) in [6.45, 7) is 0. The molecule has 0 aliphatic carbocycles. The third kappa shape index (κ3) is 4.33. The van der Waals surface area contributed by atoms with Gasteiger partial charge in [-0.25, -0.2) is 0 Å². The molecular formula is C11H9F3N4OS2. The van der Waals surface area contributed by atoms with E-state index in [1.807, 2.05) is 0 Å². The van der Waals surface area contributed by atoms with Gasteiger partial charge >= 0.3 is 6.18 Å². The predicted octanol–water partition coefficient (Wildman–Crippen LogP) is 2.88. The molecule has 0 fully saturated rings. The first-order valence-electron chi connectivity index (χ1n) is 5.54. The molecule has 0 spiro atoms. The standard InChI is InChI=1S/C11H9F3N4OS2/c12-11(13,14)6-3-1-2-4-7(6)16-9-17-18-10(21-9)20-5-8(15)19/h1-4H,5H2,(H2,15,19)(H,16,17). The summed E-state index contributed by atoms with van der Waals surface area (Å²) in [6.07, 6.45) is -4.46. The van der Waals surface area contributed by atoms with Crippen LogP contribution < -0.4 is 11.1 Å². The maximum Gasteiger partial charge on any atom is 0.418 e. The lowest BCUT2D eigenvalue weighted by Crippen LogP contribution is -2.12. The average Bonchev–Trinajstić information content (AvgIpc) is 2.83. The molecule has 0 aliphatic heterocycles. The van der Waals surface area contributed by atoms with Gasteiger partial charge in [-0.2, -0.15) is 13.2 Å². The number of nitrogens with two attached hydrogens (primary N) is 1. The van der Waals surface area contributed by atoms with Crippen molar-refractivity contribution in [2.75, 3.05) is 11.1 Å². The molecule has 0 saturated carbocycles. The van der Waals surface area contributed by atoms with E-state index in [1.54, 1.807) is 0 Å². The van der Waals surface area contributed by atoms with Crippen LogP contribution in [0.3, 0.4) is 0 Å². The largest absolute Gasteiger partial charge is 0.418 e. The number of nitrogens with one attached hydrogen (secondary N) is 1. The number of aromatic nitrogens is 2. The van der Waals surface area contributed by atoms with Crippen molar-refractivity contribution in [3.05, 3.63) is 29.8 Å². The lowest BCUT2D eigenvalue weighted by molar-refractivity contribution is -0.136. The van der Waals surface area contributed by atoms with Gasteiger partial charge in [0.05, 0.1) is 17.0 Å². The Bertz CT molecular complexity index is 644. The van der Waals surface area contributed by atoms with Gasteiger partial charge in [0.15, 0.2) is 4.34 Å². The highest BCUT2D eigenvalue weighted by atomic mass is 32.2. The lowest BCUT2D eigenvalue weighted by Gasteiger charge is -2.12. The highest BCUT2D eigenvalue weighted by Crippen LogP contribution is 2.36. The van der Waals surface area contributed by atoms with Crippen molar-refractivity contribution in [3.8, 4) is 0 Å². The van der Waals surface area contributed by atoms with Crippen LogP contribution in [0.15, 0.2) is 28.6 Å². The summed E-state index contributed by atoms with van der Waals surface area (Å²) < 4.78 is 39.0. The summed E-state index contributed by atoms with van der Waals surface area (Å²) in [5.74, 6) is -0.472. The van der Waals surface area contributed by atoms with Crippen LogP contribution in [0, 0.1) is 0 Å². The molecule has 21 heavy (non-hydrogen) atoms. The Hall–Kier alpha value is -1.81. The van der Waals surface area contributed by atoms with Crippen molar-refractivity contribution < 1.29 is 18.0 Å². The Kier molecular flexibility index (Phi) is 4.68. The lowest BCUT2D eigenvalue weighted by atomic mass is 10.2.